The average molecular weight is 375 g/mol. The Hall–Kier alpha value is -2.87. The zero-order chi connectivity index (χ0) is 19.2. The van der Waals surface area contributed by atoms with E-state index in [4.69, 9.17) is 0 Å². The van der Waals surface area contributed by atoms with E-state index in [9.17, 15) is 18.0 Å². The van der Waals surface area contributed by atoms with Crippen LogP contribution in [-0.4, -0.2) is 32.8 Å². The third kappa shape index (κ3) is 5.59. The number of hydrogen-bond donors (Lipinski definition) is 3. The lowest BCUT2D eigenvalue weighted by Crippen LogP contribution is -2.39. The number of sulfonamides is 1. The van der Waals surface area contributed by atoms with E-state index >= 15 is 0 Å². The molecule has 0 unspecified atom stereocenters. The molecule has 2 amide bonds. The fraction of sp³-hybridized carbons (Fsp3) is 0.222. The third-order valence-corrected chi connectivity index (χ3v) is 4.69. The zero-order valence-corrected chi connectivity index (χ0v) is 15.3. The number of benzene rings is 2. The summed E-state index contributed by atoms with van der Waals surface area (Å²) in [6.45, 7) is 3.49. The highest BCUT2D eigenvalue weighted by molar-refractivity contribution is 7.92. The van der Waals surface area contributed by atoms with Gasteiger partial charge in [-0.25, -0.2) is 8.42 Å². The summed E-state index contributed by atoms with van der Waals surface area (Å²) >= 11 is 0. The quantitative estimate of drug-likeness (QED) is 0.686. The Morgan fingerprint density at radius 2 is 1.69 bits per heavy atom. The van der Waals surface area contributed by atoms with Gasteiger partial charge in [0.1, 0.15) is 0 Å². The summed E-state index contributed by atoms with van der Waals surface area (Å²) in [5, 5.41) is 5.16. The molecule has 0 radical (unpaired) electrons. The molecule has 0 aliphatic heterocycles. The molecule has 26 heavy (non-hydrogen) atoms. The molecule has 0 spiro atoms. The number of rotatable bonds is 7. The SMILES string of the molecule is CC(C)NC(=O)CNC(=O)c1cccc(NS(=O)(=O)c2ccccc2)c1. The van der Waals surface area contributed by atoms with Gasteiger partial charge < -0.3 is 10.6 Å². The number of carbonyl (C=O) groups excluding carboxylic acids is 2. The van der Waals surface area contributed by atoms with Crippen molar-refractivity contribution in [3.05, 3.63) is 60.2 Å². The molecule has 0 aromatic heterocycles. The van der Waals surface area contributed by atoms with Gasteiger partial charge in [0.25, 0.3) is 15.9 Å². The van der Waals surface area contributed by atoms with Gasteiger partial charge in [-0.2, -0.15) is 0 Å². The minimum absolute atomic E-state index is 0.0184. The van der Waals surface area contributed by atoms with Crippen LogP contribution in [0.3, 0.4) is 0 Å². The highest BCUT2D eigenvalue weighted by Crippen LogP contribution is 2.17. The summed E-state index contributed by atoms with van der Waals surface area (Å²) in [6.07, 6.45) is 0. The van der Waals surface area contributed by atoms with E-state index in [0.717, 1.165) is 0 Å². The first kappa shape index (κ1) is 19.5. The van der Waals surface area contributed by atoms with Gasteiger partial charge in [0.15, 0.2) is 0 Å². The monoisotopic (exact) mass is 375 g/mol. The van der Waals surface area contributed by atoms with Crippen molar-refractivity contribution >= 4 is 27.5 Å². The van der Waals surface area contributed by atoms with Crippen LogP contribution in [0.5, 0.6) is 0 Å². The molecule has 2 aromatic rings. The van der Waals surface area contributed by atoms with Gasteiger partial charge in [-0.05, 0) is 44.2 Å². The Kier molecular flexibility index (Phi) is 6.35. The van der Waals surface area contributed by atoms with Crippen molar-refractivity contribution in [3.63, 3.8) is 0 Å². The number of anilines is 1. The first-order chi connectivity index (χ1) is 12.3. The summed E-state index contributed by atoms with van der Waals surface area (Å²) < 4.78 is 27.1. The summed E-state index contributed by atoms with van der Waals surface area (Å²) in [4.78, 5) is 23.9. The highest BCUT2D eigenvalue weighted by Gasteiger charge is 2.15. The lowest BCUT2D eigenvalue weighted by Gasteiger charge is -2.11. The molecule has 8 heteroatoms. The van der Waals surface area contributed by atoms with Crippen LogP contribution in [-0.2, 0) is 14.8 Å². The van der Waals surface area contributed by atoms with E-state index in [1.165, 1.54) is 24.3 Å². The van der Waals surface area contributed by atoms with Crippen molar-refractivity contribution < 1.29 is 18.0 Å². The Balaban J connectivity index is 2.06. The van der Waals surface area contributed by atoms with Crippen LogP contribution in [0, 0.1) is 0 Å². The van der Waals surface area contributed by atoms with Crippen molar-refractivity contribution in [2.75, 3.05) is 11.3 Å². The largest absolute Gasteiger partial charge is 0.352 e. The van der Waals surface area contributed by atoms with Crippen LogP contribution < -0.4 is 15.4 Å². The van der Waals surface area contributed by atoms with Crippen molar-refractivity contribution in [1.82, 2.24) is 10.6 Å². The van der Waals surface area contributed by atoms with Crippen molar-refractivity contribution in [1.29, 1.82) is 0 Å². The van der Waals surface area contributed by atoms with Crippen LogP contribution in [0.4, 0.5) is 5.69 Å². The normalized spacial score (nSPS) is 11.0. The van der Waals surface area contributed by atoms with Gasteiger partial charge in [-0.15, -0.1) is 0 Å². The molecular formula is C18H21N3O4S. The van der Waals surface area contributed by atoms with Gasteiger partial charge in [-0.3, -0.25) is 14.3 Å². The Morgan fingerprint density at radius 1 is 1.00 bits per heavy atom. The van der Waals surface area contributed by atoms with E-state index in [1.807, 2.05) is 13.8 Å². The molecule has 0 saturated heterocycles. The molecule has 0 aliphatic rings. The van der Waals surface area contributed by atoms with E-state index in [1.54, 1.807) is 30.3 Å². The molecule has 7 nitrogen and oxygen atoms in total. The Morgan fingerprint density at radius 3 is 2.35 bits per heavy atom. The molecule has 0 atom stereocenters. The van der Waals surface area contributed by atoms with Gasteiger partial charge in [0.2, 0.25) is 5.91 Å². The van der Waals surface area contributed by atoms with Crippen molar-refractivity contribution in [2.24, 2.45) is 0 Å². The molecule has 2 aromatic carbocycles. The second-order valence-corrected chi connectivity index (χ2v) is 7.59. The third-order valence-electron chi connectivity index (χ3n) is 3.29. The minimum atomic E-state index is -3.74. The summed E-state index contributed by atoms with van der Waals surface area (Å²) in [7, 11) is -3.74. The molecule has 138 valence electrons. The molecule has 3 N–H and O–H groups in total. The molecule has 0 fully saturated rings. The van der Waals surface area contributed by atoms with Crippen molar-refractivity contribution in [2.45, 2.75) is 24.8 Å². The fourth-order valence-electron chi connectivity index (χ4n) is 2.17. The molecule has 0 aliphatic carbocycles. The molecule has 0 heterocycles. The first-order valence-electron chi connectivity index (χ1n) is 8.03. The smallest absolute Gasteiger partial charge is 0.261 e. The van der Waals surface area contributed by atoms with Gasteiger partial charge in [0, 0.05) is 17.3 Å². The maximum absolute atomic E-state index is 12.3. The number of hydrogen-bond acceptors (Lipinski definition) is 4. The van der Waals surface area contributed by atoms with Crippen molar-refractivity contribution in [3.8, 4) is 0 Å². The van der Waals surface area contributed by atoms with Crippen LogP contribution in [0.15, 0.2) is 59.5 Å². The van der Waals surface area contributed by atoms with Crippen LogP contribution in [0.1, 0.15) is 24.2 Å². The predicted octanol–water partition coefficient (Wildman–Crippen LogP) is 1.74. The van der Waals surface area contributed by atoms with Gasteiger partial charge in [-0.1, -0.05) is 24.3 Å². The van der Waals surface area contributed by atoms with E-state index in [2.05, 4.69) is 15.4 Å². The molecule has 2 rings (SSSR count). The number of amides is 2. The second-order valence-electron chi connectivity index (χ2n) is 5.90. The maximum Gasteiger partial charge on any atom is 0.261 e. The van der Waals surface area contributed by atoms with E-state index < -0.39 is 15.9 Å². The summed E-state index contributed by atoms with van der Waals surface area (Å²) in [5.74, 6) is -0.765. The average Bonchev–Trinajstić information content (AvgIpc) is 2.60. The molecular weight excluding hydrogens is 354 g/mol. The van der Waals surface area contributed by atoms with E-state index in [-0.39, 0.29) is 34.6 Å². The molecule has 0 bridgehead atoms. The fourth-order valence-corrected chi connectivity index (χ4v) is 3.24. The Bertz CT molecular complexity index is 880. The summed E-state index contributed by atoms with van der Waals surface area (Å²) in [6, 6.07) is 14.0. The lowest BCUT2D eigenvalue weighted by molar-refractivity contribution is -0.120. The number of carbonyl (C=O) groups is 2. The van der Waals surface area contributed by atoms with Crippen LogP contribution >= 0.6 is 0 Å². The van der Waals surface area contributed by atoms with Gasteiger partial charge in [0.05, 0.1) is 11.4 Å². The Labute approximate surface area is 152 Å². The maximum atomic E-state index is 12.3. The van der Waals surface area contributed by atoms with Gasteiger partial charge >= 0.3 is 0 Å². The van der Waals surface area contributed by atoms with Crippen LogP contribution in [0.2, 0.25) is 0 Å². The predicted molar refractivity (Wildman–Crippen MR) is 99.3 cm³/mol. The second kappa shape index (κ2) is 8.48. The first-order valence-corrected chi connectivity index (χ1v) is 9.52. The lowest BCUT2D eigenvalue weighted by atomic mass is 10.2. The zero-order valence-electron chi connectivity index (χ0n) is 14.5. The summed E-state index contributed by atoms with van der Waals surface area (Å²) in [5.41, 5.74) is 0.503. The standard InChI is InChI=1S/C18H21N3O4S/c1-13(2)20-17(22)12-19-18(23)14-7-6-8-15(11-14)21-26(24,25)16-9-4-3-5-10-16/h3-11,13,21H,12H2,1-2H3,(H,19,23)(H,20,22). The highest BCUT2D eigenvalue weighted by atomic mass is 32.2. The minimum Gasteiger partial charge on any atom is -0.352 e. The topological polar surface area (TPSA) is 104 Å². The van der Waals surface area contributed by atoms with Crippen LogP contribution in [0.25, 0.3) is 0 Å². The van der Waals surface area contributed by atoms with E-state index in [0.29, 0.717) is 0 Å². The molecule has 0 saturated carbocycles. The number of nitrogens with one attached hydrogen (secondary N) is 3.